The fourth-order valence-electron chi connectivity index (χ4n) is 4.28. The summed E-state index contributed by atoms with van der Waals surface area (Å²) < 4.78 is 0. The third kappa shape index (κ3) is 0.725. The van der Waals surface area contributed by atoms with Crippen molar-refractivity contribution in [3.8, 4) is 0 Å². The molecule has 3 aliphatic rings. The number of carbonyl (C=O) groups is 1. The SMILES string of the molecule is O=C[C@@H]1CC2CC1C1CCC[C@H]21. The maximum absolute atomic E-state index is 10.8. The van der Waals surface area contributed by atoms with Gasteiger partial charge in [-0.2, -0.15) is 0 Å². The lowest BCUT2D eigenvalue weighted by molar-refractivity contribution is -0.113. The van der Waals surface area contributed by atoms with Gasteiger partial charge in [-0.3, -0.25) is 0 Å². The quantitative estimate of drug-likeness (QED) is 0.543. The molecule has 0 heterocycles. The number of aldehydes is 1. The van der Waals surface area contributed by atoms with Crippen molar-refractivity contribution >= 4 is 6.29 Å². The van der Waals surface area contributed by atoms with Crippen LogP contribution in [0.4, 0.5) is 0 Å². The van der Waals surface area contributed by atoms with Gasteiger partial charge in [0.1, 0.15) is 6.29 Å². The number of fused-ring (bicyclic) bond motifs is 5. The molecule has 0 amide bonds. The predicted molar refractivity (Wildman–Crippen MR) is 46.6 cm³/mol. The molecule has 3 unspecified atom stereocenters. The molecular weight excluding hydrogens is 148 g/mol. The Balaban J connectivity index is 1.87. The molecule has 3 rings (SSSR count). The fraction of sp³-hybridized carbons (Fsp3) is 0.909. The molecule has 3 saturated carbocycles. The minimum Gasteiger partial charge on any atom is -0.303 e. The largest absolute Gasteiger partial charge is 0.303 e. The summed E-state index contributed by atoms with van der Waals surface area (Å²) in [7, 11) is 0. The average molecular weight is 164 g/mol. The summed E-state index contributed by atoms with van der Waals surface area (Å²) in [4.78, 5) is 10.8. The zero-order valence-corrected chi connectivity index (χ0v) is 7.41. The Morgan fingerprint density at radius 1 is 1.00 bits per heavy atom. The van der Waals surface area contributed by atoms with Crippen molar-refractivity contribution in [3.63, 3.8) is 0 Å². The van der Waals surface area contributed by atoms with E-state index in [-0.39, 0.29) is 0 Å². The molecule has 0 aromatic carbocycles. The van der Waals surface area contributed by atoms with Crippen LogP contribution in [0.15, 0.2) is 0 Å². The Morgan fingerprint density at radius 3 is 2.67 bits per heavy atom. The van der Waals surface area contributed by atoms with E-state index in [1.165, 1.54) is 38.4 Å². The number of carbonyl (C=O) groups excluding carboxylic acids is 1. The highest BCUT2D eigenvalue weighted by atomic mass is 16.1. The summed E-state index contributed by atoms with van der Waals surface area (Å²) in [6.07, 6.45) is 8.19. The normalized spacial score (nSPS) is 55.8. The Hall–Kier alpha value is -0.330. The van der Waals surface area contributed by atoms with Gasteiger partial charge in [-0.25, -0.2) is 0 Å². The molecule has 0 spiro atoms. The van der Waals surface area contributed by atoms with Crippen molar-refractivity contribution in [2.75, 3.05) is 0 Å². The molecular formula is C11H16O. The van der Waals surface area contributed by atoms with Gasteiger partial charge >= 0.3 is 0 Å². The molecule has 0 aromatic heterocycles. The maximum Gasteiger partial charge on any atom is 0.123 e. The lowest BCUT2D eigenvalue weighted by atomic mass is 9.76. The molecule has 66 valence electrons. The van der Waals surface area contributed by atoms with Crippen LogP contribution in [0.25, 0.3) is 0 Å². The standard InChI is InChI=1S/C11H16O/c12-6-8-4-7-5-11(8)10-3-1-2-9(7)10/h6-11H,1-5H2/t7?,8-,9+,10?,11?/m0/s1. The third-order valence-corrected chi connectivity index (χ3v) is 4.65. The second-order valence-corrected chi connectivity index (χ2v) is 4.95. The van der Waals surface area contributed by atoms with Crippen LogP contribution < -0.4 is 0 Å². The van der Waals surface area contributed by atoms with Gasteiger partial charge in [0.25, 0.3) is 0 Å². The van der Waals surface area contributed by atoms with Crippen molar-refractivity contribution in [2.24, 2.45) is 29.6 Å². The van der Waals surface area contributed by atoms with Crippen molar-refractivity contribution in [3.05, 3.63) is 0 Å². The van der Waals surface area contributed by atoms with Crippen LogP contribution in [0.3, 0.4) is 0 Å². The van der Waals surface area contributed by atoms with Crippen molar-refractivity contribution in [1.82, 2.24) is 0 Å². The minimum atomic E-state index is 0.453. The highest BCUT2D eigenvalue weighted by Crippen LogP contribution is 2.60. The molecule has 0 saturated heterocycles. The molecule has 3 fully saturated rings. The maximum atomic E-state index is 10.8. The van der Waals surface area contributed by atoms with Gasteiger partial charge in [-0.1, -0.05) is 6.42 Å². The average Bonchev–Trinajstić information content (AvgIpc) is 2.75. The lowest BCUT2D eigenvalue weighted by Gasteiger charge is -2.28. The molecule has 5 atom stereocenters. The van der Waals surface area contributed by atoms with Gasteiger partial charge in [0.05, 0.1) is 0 Å². The second-order valence-electron chi connectivity index (χ2n) is 4.95. The molecule has 3 aliphatic carbocycles. The summed E-state index contributed by atoms with van der Waals surface area (Å²) in [5, 5.41) is 0. The first-order valence-corrected chi connectivity index (χ1v) is 5.35. The first kappa shape index (κ1) is 7.11. The van der Waals surface area contributed by atoms with E-state index in [0.717, 1.165) is 23.7 Å². The van der Waals surface area contributed by atoms with E-state index in [0.29, 0.717) is 5.92 Å². The Labute approximate surface area is 73.5 Å². The molecule has 1 nitrogen and oxygen atoms in total. The number of rotatable bonds is 1. The van der Waals surface area contributed by atoms with Gasteiger partial charge in [0, 0.05) is 5.92 Å². The Bertz CT molecular complexity index is 211. The van der Waals surface area contributed by atoms with Gasteiger partial charge in [0.2, 0.25) is 0 Å². The van der Waals surface area contributed by atoms with Gasteiger partial charge in [-0.15, -0.1) is 0 Å². The number of hydrogen-bond donors (Lipinski definition) is 0. The summed E-state index contributed by atoms with van der Waals surface area (Å²) in [5.74, 6) is 4.19. The number of hydrogen-bond acceptors (Lipinski definition) is 1. The molecule has 0 N–H and O–H groups in total. The monoisotopic (exact) mass is 164 g/mol. The van der Waals surface area contributed by atoms with Crippen LogP contribution in [0.5, 0.6) is 0 Å². The zero-order valence-electron chi connectivity index (χ0n) is 7.41. The van der Waals surface area contributed by atoms with Crippen LogP contribution in [-0.4, -0.2) is 6.29 Å². The van der Waals surface area contributed by atoms with Crippen molar-refractivity contribution in [2.45, 2.75) is 32.1 Å². The summed E-state index contributed by atoms with van der Waals surface area (Å²) in [5.41, 5.74) is 0. The molecule has 0 aliphatic heterocycles. The van der Waals surface area contributed by atoms with Crippen LogP contribution in [0.2, 0.25) is 0 Å². The molecule has 2 bridgehead atoms. The smallest absolute Gasteiger partial charge is 0.123 e. The zero-order chi connectivity index (χ0) is 8.13. The van der Waals surface area contributed by atoms with E-state index in [1.807, 2.05) is 0 Å². The van der Waals surface area contributed by atoms with Crippen LogP contribution in [0.1, 0.15) is 32.1 Å². The highest BCUT2D eigenvalue weighted by molar-refractivity contribution is 5.55. The Kier molecular flexibility index (Phi) is 1.38. The van der Waals surface area contributed by atoms with Crippen molar-refractivity contribution < 1.29 is 4.79 Å². The lowest BCUT2D eigenvalue weighted by Crippen LogP contribution is -2.24. The van der Waals surface area contributed by atoms with E-state index < -0.39 is 0 Å². The Morgan fingerprint density at radius 2 is 1.83 bits per heavy atom. The minimum absolute atomic E-state index is 0.453. The molecule has 0 radical (unpaired) electrons. The van der Waals surface area contributed by atoms with Gasteiger partial charge < -0.3 is 4.79 Å². The molecule has 12 heavy (non-hydrogen) atoms. The summed E-state index contributed by atoms with van der Waals surface area (Å²) >= 11 is 0. The molecule has 1 heteroatoms. The van der Waals surface area contributed by atoms with Gasteiger partial charge in [-0.05, 0) is 49.4 Å². The third-order valence-electron chi connectivity index (χ3n) is 4.65. The van der Waals surface area contributed by atoms with Crippen LogP contribution >= 0.6 is 0 Å². The van der Waals surface area contributed by atoms with E-state index in [9.17, 15) is 4.79 Å². The van der Waals surface area contributed by atoms with Gasteiger partial charge in [0.15, 0.2) is 0 Å². The first-order valence-electron chi connectivity index (χ1n) is 5.35. The second kappa shape index (κ2) is 2.34. The first-order chi connectivity index (χ1) is 5.90. The van der Waals surface area contributed by atoms with E-state index in [1.54, 1.807) is 0 Å². The summed E-state index contributed by atoms with van der Waals surface area (Å²) in [6, 6.07) is 0. The van der Waals surface area contributed by atoms with E-state index in [2.05, 4.69) is 0 Å². The van der Waals surface area contributed by atoms with Crippen molar-refractivity contribution in [1.29, 1.82) is 0 Å². The topological polar surface area (TPSA) is 17.1 Å². The molecule has 0 aromatic rings. The van der Waals surface area contributed by atoms with Crippen LogP contribution in [0, 0.1) is 29.6 Å². The van der Waals surface area contributed by atoms with E-state index in [4.69, 9.17) is 0 Å². The predicted octanol–water partition coefficient (Wildman–Crippen LogP) is 2.26. The van der Waals surface area contributed by atoms with E-state index >= 15 is 0 Å². The van der Waals surface area contributed by atoms with Crippen LogP contribution in [-0.2, 0) is 4.79 Å². The fourth-order valence-corrected chi connectivity index (χ4v) is 4.28. The highest BCUT2D eigenvalue weighted by Gasteiger charge is 2.53. The summed E-state index contributed by atoms with van der Waals surface area (Å²) in [6.45, 7) is 0.